The molecule has 0 aliphatic rings. The Kier molecular flexibility index (Phi) is 5.42. The first-order chi connectivity index (χ1) is 12.9. The van der Waals surface area contributed by atoms with Gasteiger partial charge in [-0.1, -0.05) is 23.7 Å². The summed E-state index contributed by atoms with van der Waals surface area (Å²) >= 11 is 5.73. The van der Waals surface area contributed by atoms with Gasteiger partial charge >= 0.3 is 0 Å². The van der Waals surface area contributed by atoms with E-state index >= 15 is 0 Å². The van der Waals surface area contributed by atoms with E-state index in [-0.39, 0.29) is 16.5 Å². The van der Waals surface area contributed by atoms with Crippen LogP contribution >= 0.6 is 11.6 Å². The van der Waals surface area contributed by atoms with E-state index in [0.29, 0.717) is 22.8 Å². The standard InChI is InChI=1S/C19H14ClFN4O2/c1-11(26)12-3-2-4-13(9-12)23-19(27)17-7-8-18(25-24-17)22-14-5-6-16(21)15(20)10-14/h2-10H,1H3,(H,22,25)(H,23,27). The predicted molar refractivity (Wildman–Crippen MR) is 101 cm³/mol. The molecular formula is C19H14ClFN4O2. The number of halogens is 2. The van der Waals surface area contributed by atoms with Crippen LogP contribution < -0.4 is 10.6 Å². The van der Waals surface area contributed by atoms with Crippen LogP contribution in [0.5, 0.6) is 0 Å². The lowest BCUT2D eigenvalue weighted by molar-refractivity contribution is 0.100. The van der Waals surface area contributed by atoms with Crippen molar-refractivity contribution in [2.45, 2.75) is 6.92 Å². The van der Waals surface area contributed by atoms with Crippen LogP contribution in [-0.4, -0.2) is 21.9 Å². The lowest BCUT2D eigenvalue weighted by atomic mass is 10.1. The number of rotatable bonds is 5. The van der Waals surface area contributed by atoms with Gasteiger partial charge in [0.2, 0.25) is 0 Å². The molecule has 3 aromatic rings. The molecule has 0 radical (unpaired) electrons. The monoisotopic (exact) mass is 384 g/mol. The number of amides is 1. The molecule has 6 nitrogen and oxygen atoms in total. The first-order valence-electron chi connectivity index (χ1n) is 7.90. The third-order valence-electron chi connectivity index (χ3n) is 3.62. The van der Waals surface area contributed by atoms with Crippen molar-refractivity contribution in [3.05, 3.63) is 76.7 Å². The summed E-state index contributed by atoms with van der Waals surface area (Å²) in [4.78, 5) is 23.7. The fourth-order valence-electron chi connectivity index (χ4n) is 2.25. The van der Waals surface area contributed by atoms with Crippen LogP contribution in [0.3, 0.4) is 0 Å². The normalized spacial score (nSPS) is 10.3. The first-order valence-corrected chi connectivity index (χ1v) is 8.28. The highest BCUT2D eigenvalue weighted by Crippen LogP contribution is 2.21. The second kappa shape index (κ2) is 7.92. The Bertz CT molecular complexity index is 1010. The van der Waals surface area contributed by atoms with E-state index in [2.05, 4.69) is 20.8 Å². The van der Waals surface area contributed by atoms with Crippen LogP contribution in [-0.2, 0) is 0 Å². The molecule has 27 heavy (non-hydrogen) atoms. The lowest BCUT2D eigenvalue weighted by Gasteiger charge is -2.08. The van der Waals surface area contributed by atoms with E-state index in [1.807, 2.05) is 0 Å². The maximum absolute atomic E-state index is 13.2. The van der Waals surface area contributed by atoms with Gasteiger partial charge in [-0.2, -0.15) is 0 Å². The number of hydrogen-bond acceptors (Lipinski definition) is 5. The number of nitrogens with one attached hydrogen (secondary N) is 2. The van der Waals surface area contributed by atoms with Gasteiger partial charge < -0.3 is 10.6 Å². The third-order valence-corrected chi connectivity index (χ3v) is 3.91. The van der Waals surface area contributed by atoms with Crippen LogP contribution in [0, 0.1) is 5.82 Å². The quantitative estimate of drug-likeness (QED) is 0.634. The molecule has 2 aromatic carbocycles. The fourth-order valence-corrected chi connectivity index (χ4v) is 2.43. The maximum atomic E-state index is 13.2. The van der Waals surface area contributed by atoms with Crippen molar-refractivity contribution >= 4 is 40.5 Å². The SMILES string of the molecule is CC(=O)c1cccc(NC(=O)c2ccc(Nc3ccc(F)c(Cl)c3)nn2)c1. The molecule has 0 spiro atoms. The average molecular weight is 385 g/mol. The summed E-state index contributed by atoms with van der Waals surface area (Å²) in [5.74, 6) is -0.705. The van der Waals surface area contributed by atoms with Crippen LogP contribution in [0.2, 0.25) is 5.02 Å². The molecule has 0 atom stereocenters. The van der Waals surface area contributed by atoms with Crippen LogP contribution in [0.25, 0.3) is 0 Å². The van der Waals surface area contributed by atoms with Gasteiger partial charge in [0.1, 0.15) is 5.82 Å². The number of carbonyl (C=O) groups excluding carboxylic acids is 2. The van der Waals surface area contributed by atoms with E-state index in [9.17, 15) is 14.0 Å². The first kappa shape index (κ1) is 18.5. The molecule has 1 amide bonds. The minimum Gasteiger partial charge on any atom is -0.339 e. The number of aromatic nitrogens is 2. The summed E-state index contributed by atoms with van der Waals surface area (Å²) in [6, 6.07) is 13.8. The van der Waals surface area contributed by atoms with E-state index in [1.165, 1.54) is 31.2 Å². The highest BCUT2D eigenvalue weighted by molar-refractivity contribution is 6.31. The molecule has 0 bridgehead atoms. The number of anilines is 3. The van der Waals surface area contributed by atoms with Gasteiger partial charge in [0.05, 0.1) is 5.02 Å². The Labute approximate surface area is 159 Å². The highest BCUT2D eigenvalue weighted by atomic mass is 35.5. The smallest absolute Gasteiger partial charge is 0.276 e. The number of nitrogens with zero attached hydrogens (tertiary/aromatic N) is 2. The zero-order valence-corrected chi connectivity index (χ0v) is 14.9. The molecule has 0 aliphatic carbocycles. The second-order valence-electron chi connectivity index (χ2n) is 5.65. The minimum atomic E-state index is -0.519. The number of carbonyl (C=O) groups is 2. The number of hydrogen-bond donors (Lipinski definition) is 2. The molecule has 1 aromatic heterocycles. The van der Waals surface area contributed by atoms with Gasteiger partial charge in [0, 0.05) is 16.9 Å². The molecule has 8 heteroatoms. The molecule has 2 N–H and O–H groups in total. The van der Waals surface area contributed by atoms with E-state index in [1.54, 1.807) is 30.3 Å². The molecule has 0 aliphatic heterocycles. The topological polar surface area (TPSA) is 84.0 Å². The van der Waals surface area contributed by atoms with Gasteiger partial charge in [0.15, 0.2) is 17.3 Å². The van der Waals surface area contributed by atoms with Gasteiger partial charge in [0.25, 0.3) is 5.91 Å². The van der Waals surface area contributed by atoms with Gasteiger partial charge in [-0.05, 0) is 49.4 Å². The second-order valence-corrected chi connectivity index (χ2v) is 6.06. The number of benzene rings is 2. The minimum absolute atomic E-state index is 0.0169. The largest absolute Gasteiger partial charge is 0.339 e. The molecule has 136 valence electrons. The number of ketones is 1. The summed E-state index contributed by atoms with van der Waals surface area (Å²) < 4.78 is 13.2. The molecule has 3 rings (SSSR count). The number of Topliss-reactive ketones (excluding diaryl/α,β-unsaturated/α-hetero) is 1. The zero-order valence-electron chi connectivity index (χ0n) is 14.2. The molecule has 0 saturated carbocycles. The Morgan fingerprint density at radius 3 is 2.48 bits per heavy atom. The Balaban J connectivity index is 1.69. The van der Waals surface area contributed by atoms with Crippen molar-refractivity contribution in [2.24, 2.45) is 0 Å². The van der Waals surface area contributed by atoms with Crippen LogP contribution in [0.15, 0.2) is 54.6 Å². The lowest BCUT2D eigenvalue weighted by Crippen LogP contribution is -2.15. The molecule has 0 fully saturated rings. The van der Waals surface area contributed by atoms with E-state index in [4.69, 9.17) is 11.6 Å². The third kappa shape index (κ3) is 4.65. The summed E-state index contributed by atoms with van der Waals surface area (Å²) in [7, 11) is 0. The van der Waals surface area contributed by atoms with E-state index in [0.717, 1.165) is 0 Å². The van der Waals surface area contributed by atoms with Crippen molar-refractivity contribution in [3.8, 4) is 0 Å². The van der Waals surface area contributed by atoms with Gasteiger partial charge in [-0.15, -0.1) is 10.2 Å². The summed E-state index contributed by atoms with van der Waals surface area (Å²) in [5.41, 5.74) is 1.62. The summed E-state index contributed by atoms with van der Waals surface area (Å²) in [6.07, 6.45) is 0. The van der Waals surface area contributed by atoms with Gasteiger partial charge in [-0.3, -0.25) is 9.59 Å². The molecule has 1 heterocycles. The van der Waals surface area contributed by atoms with Crippen molar-refractivity contribution in [1.82, 2.24) is 10.2 Å². The summed E-state index contributed by atoms with van der Waals surface area (Å²) in [6.45, 7) is 1.45. The highest BCUT2D eigenvalue weighted by Gasteiger charge is 2.10. The van der Waals surface area contributed by atoms with Gasteiger partial charge in [-0.25, -0.2) is 4.39 Å². The zero-order chi connectivity index (χ0) is 19.4. The van der Waals surface area contributed by atoms with E-state index < -0.39 is 11.7 Å². The predicted octanol–water partition coefficient (Wildman–Crippen LogP) is 4.47. The Morgan fingerprint density at radius 1 is 1.00 bits per heavy atom. The molecule has 0 unspecified atom stereocenters. The average Bonchev–Trinajstić information content (AvgIpc) is 2.65. The van der Waals surface area contributed by atoms with Crippen LogP contribution in [0.1, 0.15) is 27.8 Å². The van der Waals surface area contributed by atoms with Crippen molar-refractivity contribution in [2.75, 3.05) is 10.6 Å². The summed E-state index contributed by atoms with van der Waals surface area (Å²) in [5, 5.41) is 13.4. The Hall–Kier alpha value is -3.32. The molecule has 0 saturated heterocycles. The van der Waals surface area contributed by atoms with Crippen molar-refractivity contribution in [1.29, 1.82) is 0 Å². The Morgan fingerprint density at radius 2 is 1.81 bits per heavy atom. The maximum Gasteiger partial charge on any atom is 0.276 e. The van der Waals surface area contributed by atoms with Crippen LogP contribution in [0.4, 0.5) is 21.6 Å². The molecular weight excluding hydrogens is 371 g/mol. The van der Waals surface area contributed by atoms with Crippen molar-refractivity contribution in [3.63, 3.8) is 0 Å². The van der Waals surface area contributed by atoms with Crippen molar-refractivity contribution < 1.29 is 14.0 Å². The fraction of sp³-hybridized carbons (Fsp3) is 0.0526.